The van der Waals surface area contributed by atoms with Gasteiger partial charge in [0, 0.05) is 22.6 Å². The molecule has 2 rings (SSSR count). The van der Waals surface area contributed by atoms with Crippen LogP contribution in [0.3, 0.4) is 0 Å². The molecule has 0 aliphatic carbocycles. The molecule has 98 valence electrons. The highest BCUT2D eigenvalue weighted by Crippen LogP contribution is 2.21. The van der Waals surface area contributed by atoms with E-state index >= 15 is 0 Å². The maximum atomic E-state index is 12.2. The molecule has 0 atom stereocenters. The number of benzene rings is 2. The van der Waals surface area contributed by atoms with Crippen molar-refractivity contribution in [3.63, 3.8) is 0 Å². The molecule has 0 radical (unpaired) electrons. The first-order chi connectivity index (χ1) is 9.11. The number of hydrogen-bond acceptors (Lipinski definition) is 2. The first-order valence-electron chi connectivity index (χ1n) is 6.03. The highest BCUT2D eigenvalue weighted by atomic mass is 35.5. The summed E-state index contributed by atoms with van der Waals surface area (Å²) in [5.41, 5.74) is 2.47. The summed E-state index contributed by atoms with van der Waals surface area (Å²) in [5, 5.41) is 0.675. The number of ether oxygens (including phenoxy) is 1. The Kier molecular flexibility index (Phi) is 4.23. The quantitative estimate of drug-likeness (QED) is 0.785. The monoisotopic (exact) mass is 274 g/mol. The van der Waals surface area contributed by atoms with Crippen molar-refractivity contribution in [1.29, 1.82) is 0 Å². The molecule has 0 amide bonds. The third-order valence-corrected chi connectivity index (χ3v) is 3.45. The molecule has 0 aliphatic rings. The van der Waals surface area contributed by atoms with Gasteiger partial charge in [-0.15, -0.1) is 0 Å². The number of Topliss-reactive ketones (excluding diaryl/α,β-unsaturated/α-hetero) is 1. The molecule has 0 saturated carbocycles. The van der Waals surface area contributed by atoms with Gasteiger partial charge in [0.15, 0.2) is 5.78 Å². The van der Waals surface area contributed by atoms with E-state index in [1.165, 1.54) is 0 Å². The SMILES string of the molecule is COc1ccccc1CC(=O)c1ccc(Cl)c(C)c1. The average Bonchev–Trinajstić information content (AvgIpc) is 2.42. The number of halogens is 1. The van der Waals surface area contributed by atoms with Crippen LogP contribution in [0.1, 0.15) is 21.5 Å². The van der Waals surface area contributed by atoms with Crippen LogP contribution in [0.2, 0.25) is 5.02 Å². The fraction of sp³-hybridized carbons (Fsp3) is 0.188. The van der Waals surface area contributed by atoms with E-state index in [9.17, 15) is 4.79 Å². The Morgan fingerprint density at radius 1 is 1.21 bits per heavy atom. The van der Waals surface area contributed by atoms with Gasteiger partial charge in [0.1, 0.15) is 5.75 Å². The van der Waals surface area contributed by atoms with E-state index in [0.29, 0.717) is 17.0 Å². The lowest BCUT2D eigenvalue weighted by atomic mass is 10.0. The van der Waals surface area contributed by atoms with Crippen molar-refractivity contribution in [3.8, 4) is 5.75 Å². The molecular formula is C16H15ClO2. The van der Waals surface area contributed by atoms with E-state index in [0.717, 1.165) is 16.9 Å². The average molecular weight is 275 g/mol. The zero-order chi connectivity index (χ0) is 13.8. The van der Waals surface area contributed by atoms with Crippen LogP contribution in [0.25, 0.3) is 0 Å². The number of rotatable bonds is 4. The molecule has 0 unspecified atom stereocenters. The van der Waals surface area contributed by atoms with Gasteiger partial charge in [-0.2, -0.15) is 0 Å². The van der Waals surface area contributed by atoms with E-state index in [1.54, 1.807) is 19.2 Å². The van der Waals surface area contributed by atoms with Crippen LogP contribution in [-0.2, 0) is 6.42 Å². The Morgan fingerprint density at radius 2 is 1.95 bits per heavy atom. The van der Waals surface area contributed by atoms with Crippen LogP contribution >= 0.6 is 11.6 Å². The summed E-state index contributed by atoms with van der Waals surface area (Å²) in [5.74, 6) is 0.797. The van der Waals surface area contributed by atoms with E-state index in [2.05, 4.69) is 0 Å². The summed E-state index contributed by atoms with van der Waals surface area (Å²) < 4.78 is 5.25. The molecule has 2 aromatic carbocycles. The van der Waals surface area contributed by atoms with Gasteiger partial charge in [-0.3, -0.25) is 4.79 Å². The Morgan fingerprint density at radius 3 is 2.63 bits per heavy atom. The van der Waals surface area contributed by atoms with Crippen LogP contribution in [0, 0.1) is 6.92 Å². The molecule has 2 nitrogen and oxygen atoms in total. The first-order valence-corrected chi connectivity index (χ1v) is 6.41. The van der Waals surface area contributed by atoms with Gasteiger partial charge in [0.2, 0.25) is 0 Å². The number of aryl methyl sites for hydroxylation is 1. The highest BCUT2D eigenvalue weighted by Gasteiger charge is 2.11. The first kappa shape index (κ1) is 13.6. The molecule has 0 saturated heterocycles. The van der Waals surface area contributed by atoms with Crippen LogP contribution in [0.5, 0.6) is 5.75 Å². The van der Waals surface area contributed by atoms with Crippen molar-refractivity contribution in [1.82, 2.24) is 0 Å². The van der Waals surface area contributed by atoms with Crippen molar-refractivity contribution in [2.75, 3.05) is 7.11 Å². The van der Waals surface area contributed by atoms with Gasteiger partial charge >= 0.3 is 0 Å². The molecule has 3 heteroatoms. The summed E-state index contributed by atoms with van der Waals surface area (Å²) >= 11 is 5.96. The highest BCUT2D eigenvalue weighted by molar-refractivity contribution is 6.31. The topological polar surface area (TPSA) is 26.3 Å². The molecule has 0 aliphatic heterocycles. The molecule has 0 heterocycles. The molecule has 2 aromatic rings. The molecule has 0 aromatic heterocycles. The predicted molar refractivity (Wildman–Crippen MR) is 77.2 cm³/mol. The van der Waals surface area contributed by atoms with Crippen LogP contribution in [0.4, 0.5) is 0 Å². The van der Waals surface area contributed by atoms with Crippen LogP contribution in [-0.4, -0.2) is 12.9 Å². The van der Waals surface area contributed by atoms with E-state index in [1.807, 2.05) is 37.3 Å². The Hall–Kier alpha value is -1.80. The smallest absolute Gasteiger partial charge is 0.167 e. The molecule has 19 heavy (non-hydrogen) atoms. The fourth-order valence-corrected chi connectivity index (χ4v) is 2.06. The zero-order valence-electron chi connectivity index (χ0n) is 10.9. The third kappa shape index (κ3) is 3.15. The summed E-state index contributed by atoms with van der Waals surface area (Å²) in [6, 6.07) is 12.9. The van der Waals surface area contributed by atoms with Crippen molar-refractivity contribution in [3.05, 3.63) is 64.2 Å². The van der Waals surface area contributed by atoms with Gasteiger partial charge in [0.25, 0.3) is 0 Å². The second-order valence-corrected chi connectivity index (χ2v) is 4.78. The van der Waals surface area contributed by atoms with Crippen molar-refractivity contribution < 1.29 is 9.53 Å². The molecule has 0 spiro atoms. The van der Waals surface area contributed by atoms with Gasteiger partial charge in [-0.05, 0) is 36.8 Å². The maximum Gasteiger partial charge on any atom is 0.167 e. The second kappa shape index (κ2) is 5.89. The number of hydrogen-bond donors (Lipinski definition) is 0. The number of methoxy groups -OCH3 is 1. The number of para-hydroxylation sites is 1. The zero-order valence-corrected chi connectivity index (χ0v) is 11.7. The minimum atomic E-state index is 0.0595. The van der Waals surface area contributed by atoms with Gasteiger partial charge in [-0.1, -0.05) is 29.8 Å². The summed E-state index contributed by atoms with van der Waals surface area (Å²) in [6.45, 7) is 1.89. The minimum absolute atomic E-state index is 0.0595. The van der Waals surface area contributed by atoms with Crippen LogP contribution < -0.4 is 4.74 Å². The normalized spacial score (nSPS) is 10.3. The largest absolute Gasteiger partial charge is 0.496 e. The van der Waals surface area contributed by atoms with E-state index in [-0.39, 0.29) is 5.78 Å². The lowest BCUT2D eigenvalue weighted by molar-refractivity contribution is 0.0992. The standard InChI is InChI=1S/C16H15ClO2/c1-11-9-12(7-8-14(11)17)15(18)10-13-5-3-4-6-16(13)19-2/h3-9H,10H2,1-2H3. The van der Waals surface area contributed by atoms with Crippen molar-refractivity contribution in [2.24, 2.45) is 0 Å². The fourth-order valence-electron chi connectivity index (χ4n) is 1.94. The second-order valence-electron chi connectivity index (χ2n) is 4.38. The van der Waals surface area contributed by atoms with Crippen molar-refractivity contribution >= 4 is 17.4 Å². The van der Waals surface area contributed by atoms with E-state index in [4.69, 9.17) is 16.3 Å². The Labute approximate surface area is 118 Å². The lowest BCUT2D eigenvalue weighted by Gasteiger charge is -2.08. The third-order valence-electron chi connectivity index (χ3n) is 3.02. The lowest BCUT2D eigenvalue weighted by Crippen LogP contribution is -2.05. The van der Waals surface area contributed by atoms with E-state index < -0.39 is 0 Å². The Balaban J connectivity index is 2.23. The number of ketones is 1. The summed E-state index contributed by atoms with van der Waals surface area (Å²) in [4.78, 5) is 12.2. The minimum Gasteiger partial charge on any atom is -0.496 e. The molecule has 0 bridgehead atoms. The number of carbonyl (C=O) groups is 1. The summed E-state index contributed by atoms with van der Waals surface area (Å²) in [6.07, 6.45) is 0.324. The molecule has 0 N–H and O–H groups in total. The van der Waals surface area contributed by atoms with Gasteiger partial charge in [0.05, 0.1) is 7.11 Å². The summed E-state index contributed by atoms with van der Waals surface area (Å²) in [7, 11) is 1.61. The van der Waals surface area contributed by atoms with Gasteiger partial charge in [-0.25, -0.2) is 0 Å². The predicted octanol–water partition coefficient (Wildman–Crippen LogP) is 4.08. The van der Waals surface area contributed by atoms with Gasteiger partial charge < -0.3 is 4.74 Å². The van der Waals surface area contributed by atoms with Crippen LogP contribution in [0.15, 0.2) is 42.5 Å². The molecular weight excluding hydrogens is 260 g/mol. The number of carbonyl (C=O) groups excluding carboxylic acids is 1. The molecule has 0 fully saturated rings. The Bertz CT molecular complexity index is 605. The van der Waals surface area contributed by atoms with Crippen molar-refractivity contribution in [2.45, 2.75) is 13.3 Å². The maximum absolute atomic E-state index is 12.2.